The van der Waals surface area contributed by atoms with Gasteiger partial charge in [0.05, 0.1) is 4.90 Å². The average Bonchev–Trinajstić information content (AvgIpc) is 2.38. The van der Waals surface area contributed by atoms with Gasteiger partial charge in [0.15, 0.2) is 0 Å². The zero-order valence-corrected chi connectivity index (χ0v) is 11.1. The van der Waals surface area contributed by atoms with Crippen molar-refractivity contribution >= 4 is 16.0 Å². The highest BCUT2D eigenvalue weighted by Gasteiger charge is 2.14. The van der Waals surface area contributed by atoms with E-state index in [2.05, 4.69) is 14.7 Å². The Labute approximate surface area is 110 Å². The predicted molar refractivity (Wildman–Crippen MR) is 71.5 cm³/mol. The topological polar surface area (TPSA) is 91.9 Å². The Bertz CT molecular complexity index is 723. The minimum absolute atomic E-state index is 0.0757. The monoisotopic (exact) mass is 279 g/mol. The van der Waals surface area contributed by atoms with Crippen LogP contribution >= 0.6 is 0 Å². The minimum Gasteiger partial charge on any atom is -0.292 e. The van der Waals surface area contributed by atoms with E-state index < -0.39 is 15.6 Å². The van der Waals surface area contributed by atoms with Gasteiger partial charge in [-0.15, -0.1) is 0 Å². The third-order valence-corrected chi connectivity index (χ3v) is 3.80. The molecule has 19 heavy (non-hydrogen) atoms. The molecule has 1 heterocycles. The summed E-state index contributed by atoms with van der Waals surface area (Å²) in [7, 11) is -3.74. The maximum atomic E-state index is 12.0. The molecule has 0 atom stereocenters. The van der Waals surface area contributed by atoms with Crippen LogP contribution in [0.1, 0.15) is 12.6 Å². The lowest BCUT2D eigenvalue weighted by Gasteiger charge is -2.07. The van der Waals surface area contributed by atoms with E-state index in [1.165, 1.54) is 18.2 Å². The van der Waals surface area contributed by atoms with Gasteiger partial charge in [-0.25, -0.2) is 18.1 Å². The first-order chi connectivity index (χ1) is 9.01. The lowest BCUT2D eigenvalue weighted by molar-refractivity contribution is 0.600. The fourth-order valence-corrected chi connectivity index (χ4v) is 2.51. The van der Waals surface area contributed by atoms with Gasteiger partial charge in [-0.05, 0) is 18.6 Å². The van der Waals surface area contributed by atoms with Crippen LogP contribution in [-0.4, -0.2) is 18.4 Å². The molecule has 0 amide bonds. The molecule has 0 saturated heterocycles. The number of nitrogens with zero attached hydrogens (tertiary/aromatic N) is 1. The Morgan fingerprint density at radius 2 is 1.95 bits per heavy atom. The Morgan fingerprint density at radius 1 is 1.26 bits per heavy atom. The van der Waals surface area contributed by atoms with Crippen LogP contribution in [0.25, 0.3) is 0 Å². The van der Waals surface area contributed by atoms with Crippen molar-refractivity contribution in [2.45, 2.75) is 18.2 Å². The number of aromatic nitrogens is 2. The highest BCUT2D eigenvalue weighted by atomic mass is 32.2. The molecule has 0 spiro atoms. The number of aromatic amines is 1. The first-order valence-electron chi connectivity index (χ1n) is 5.69. The molecule has 100 valence electrons. The second kappa shape index (κ2) is 5.23. The summed E-state index contributed by atoms with van der Waals surface area (Å²) in [4.78, 5) is 17.8. The Morgan fingerprint density at radius 3 is 2.58 bits per heavy atom. The van der Waals surface area contributed by atoms with Gasteiger partial charge in [0.25, 0.3) is 15.6 Å². The van der Waals surface area contributed by atoms with E-state index in [1.807, 2.05) is 6.92 Å². The van der Waals surface area contributed by atoms with Crippen LogP contribution in [-0.2, 0) is 16.4 Å². The van der Waals surface area contributed by atoms with Crippen LogP contribution in [0, 0.1) is 0 Å². The summed E-state index contributed by atoms with van der Waals surface area (Å²) in [5, 5.41) is 0. The second-order valence-electron chi connectivity index (χ2n) is 3.86. The largest absolute Gasteiger partial charge is 0.292 e. The van der Waals surface area contributed by atoms with E-state index in [1.54, 1.807) is 18.2 Å². The summed E-state index contributed by atoms with van der Waals surface area (Å²) in [5.74, 6) is -0.0757. The molecular weight excluding hydrogens is 266 g/mol. The van der Waals surface area contributed by atoms with Crippen molar-refractivity contribution in [3.63, 3.8) is 0 Å². The molecule has 0 bridgehead atoms. The van der Waals surface area contributed by atoms with Crippen molar-refractivity contribution in [3.8, 4) is 0 Å². The maximum Gasteiger partial charge on any atom is 0.264 e. The number of nitrogens with one attached hydrogen (secondary N) is 2. The summed E-state index contributed by atoms with van der Waals surface area (Å²) in [6.45, 7) is 1.83. The minimum atomic E-state index is -3.74. The number of rotatable bonds is 4. The molecule has 0 aliphatic rings. The molecular formula is C12H13N3O3S. The van der Waals surface area contributed by atoms with Crippen LogP contribution in [0.2, 0.25) is 0 Å². The Hall–Kier alpha value is -2.15. The van der Waals surface area contributed by atoms with Crippen molar-refractivity contribution < 1.29 is 8.42 Å². The summed E-state index contributed by atoms with van der Waals surface area (Å²) < 4.78 is 26.3. The number of hydrogen-bond donors (Lipinski definition) is 2. The van der Waals surface area contributed by atoms with Gasteiger partial charge >= 0.3 is 0 Å². The number of sulfonamides is 1. The number of H-pyrrole nitrogens is 1. The lowest BCUT2D eigenvalue weighted by Crippen LogP contribution is -2.19. The van der Waals surface area contributed by atoms with Gasteiger partial charge in [0.2, 0.25) is 5.95 Å². The number of anilines is 1. The molecule has 0 aliphatic carbocycles. The van der Waals surface area contributed by atoms with Crippen molar-refractivity contribution in [1.82, 2.24) is 9.97 Å². The van der Waals surface area contributed by atoms with Crippen molar-refractivity contribution in [3.05, 3.63) is 52.4 Å². The predicted octanol–water partition coefficient (Wildman–Crippen LogP) is 1.13. The molecule has 2 aromatic rings. The molecule has 0 unspecified atom stereocenters. The van der Waals surface area contributed by atoms with Gasteiger partial charge in [-0.1, -0.05) is 25.1 Å². The molecule has 7 heteroatoms. The zero-order valence-electron chi connectivity index (χ0n) is 10.3. The van der Waals surface area contributed by atoms with E-state index in [0.717, 1.165) is 0 Å². The molecule has 1 aromatic heterocycles. The standard InChI is InChI=1S/C12H13N3O3S/c1-2-9-8-11(16)14-12(13-9)15-19(17,18)10-6-4-3-5-7-10/h3-8H,2H2,1H3,(H2,13,14,15,16). The first kappa shape index (κ1) is 13.3. The quantitative estimate of drug-likeness (QED) is 0.877. The van der Waals surface area contributed by atoms with E-state index in [4.69, 9.17) is 0 Å². The Kier molecular flexibility index (Phi) is 3.66. The highest BCUT2D eigenvalue weighted by Crippen LogP contribution is 2.11. The summed E-state index contributed by atoms with van der Waals surface area (Å²) >= 11 is 0. The molecule has 0 fully saturated rings. The third-order valence-electron chi connectivity index (χ3n) is 2.44. The summed E-state index contributed by atoms with van der Waals surface area (Å²) in [6.07, 6.45) is 0.546. The first-order valence-corrected chi connectivity index (χ1v) is 7.17. The summed E-state index contributed by atoms with van der Waals surface area (Å²) in [6, 6.07) is 9.21. The van der Waals surface area contributed by atoms with E-state index in [-0.39, 0.29) is 10.8 Å². The van der Waals surface area contributed by atoms with Gasteiger partial charge in [0, 0.05) is 11.8 Å². The van der Waals surface area contributed by atoms with Crippen LogP contribution in [0.3, 0.4) is 0 Å². The maximum absolute atomic E-state index is 12.0. The van der Waals surface area contributed by atoms with Gasteiger partial charge in [-0.3, -0.25) is 9.78 Å². The van der Waals surface area contributed by atoms with Crippen LogP contribution in [0.15, 0.2) is 46.1 Å². The third kappa shape index (κ3) is 3.19. The number of benzene rings is 1. The van der Waals surface area contributed by atoms with Gasteiger partial charge in [-0.2, -0.15) is 0 Å². The highest BCUT2D eigenvalue weighted by molar-refractivity contribution is 7.92. The van der Waals surface area contributed by atoms with Crippen molar-refractivity contribution in [2.75, 3.05) is 4.72 Å². The number of hydrogen-bond acceptors (Lipinski definition) is 4. The average molecular weight is 279 g/mol. The van der Waals surface area contributed by atoms with Crippen molar-refractivity contribution in [2.24, 2.45) is 0 Å². The zero-order chi connectivity index (χ0) is 13.9. The second-order valence-corrected chi connectivity index (χ2v) is 5.54. The molecule has 0 radical (unpaired) electrons. The molecule has 6 nitrogen and oxygen atoms in total. The van der Waals surface area contributed by atoms with Gasteiger partial charge in [0.1, 0.15) is 0 Å². The number of aryl methyl sites for hydroxylation is 1. The molecule has 2 rings (SSSR count). The SMILES string of the molecule is CCc1cc(=O)[nH]c(NS(=O)(=O)c2ccccc2)n1. The van der Waals surface area contributed by atoms with E-state index in [0.29, 0.717) is 12.1 Å². The van der Waals surface area contributed by atoms with Crippen LogP contribution < -0.4 is 10.3 Å². The molecule has 1 aromatic carbocycles. The fourth-order valence-electron chi connectivity index (χ4n) is 1.52. The summed E-state index contributed by atoms with van der Waals surface area (Å²) in [5.41, 5.74) is 0.132. The molecule has 2 N–H and O–H groups in total. The van der Waals surface area contributed by atoms with E-state index >= 15 is 0 Å². The molecule has 0 saturated carbocycles. The van der Waals surface area contributed by atoms with Crippen LogP contribution in [0.5, 0.6) is 0 Å². The normalized spacial score (nSPS) is 11.2. The van der Waals surface area contributed by atoms with Crippen molar-refractivity contribution in [1.29, 1.82) is 0 Å². The smallest absolute Gasteiger partial charge is 0.264 e. The van der Waals surface area contributed by atoms with Crippen LogP contribution in [0.4, 0.5) is 5.95 Å². The van der Waals surface area contributed by atoms with E-state index in [9.17, 15) is 13.2 Å². The fraction of sp³-hybridized carbons (Fsp3) is 0.167. The lowest BCUT2D eigenvalue weighted by atomic mass is 10.3. The Balaban J connectivity index is 2.36. The molecule has 0 aliphatic heterocycles. The van der Waals surface area contributed by atoms with Gasteiger partial charge < -0.3 is 0 Å².